The van der Waals surface area contributed by atoms with Crippen LogP contribution < -0.4 is 5.32 Å². The van der Waals surface area contributed by atoms with Gasteiger partial charge in [-0.15, -0.1) is 11.3 Å². The Morgan fingerprint density at radius 3 is 2.38 bits per heavy atom. The zero-order valence-electron chi connectivity index (χ0n) is 18.0. The quantitative estimate of drug-likeness (QED) is 0.597. The lowest BCUT2D eigenvalue weighted by molar-refractivity contribution is -0.137. The number of halogens is 3. The summed E-state index contributed by atoms with van der Waals surface area (Å²) in [6.07, 6.45) is -4.40. The maximum absolute atomic E-state index is 13.0. The van der Waals surface area contributed by atoms with Crippen LogP contribution in [-0.4, -0.2) is 64.9 Å². The molecule has 6 nitrogen and oxygen atoms in total. The molecule has 176 valence electrons. The number of carbonyl (C=O) groups excluding carboxylic acids is 2. The van der Waals surface area contributed by atoms with Crippen LogP contribution >= 0.6 is 11.3 Å². The highest BCUT2D eigenvalue weighted by atomic mass is 32.1. The first-order valence-electron chi connectivity index (χ1n) is 10.8. The van der Waals surface area contributed by atoms with E-state index in [2.05, 4.69) is 15.2 Å². The van der Waals surface area contributed by atoms with E-state index in [-0.39, 0.29) is 23.9 Å². The highest BCUT2D eigenvalue weighted by Gasteiger charge is 2.41. The van der Waals surface area contributed by atoms with Crippen LogP contribution in [0.1, 0.15) is 26.4 Å². The summed E-state index contributed by atoms with van der Waals surface area (Å²) in [5, 5.41) is 4.68. The van der Waals surface area contributed by atoms with Gasteiger partial charge in [-0.05, 0) is 35.4 Å². The number of nitrogens with zero attached hydrogens (tertiary/aromatic N) is 3. The molecule has 2 saturated heterocycles. The number of likely N-dealkylation sites (tertiary alicyclic amines) is 2. The molecule has 3 aromatic rings. The first-order valence-corrected chi connectivity index (χ1v) is 11.7. The molecule has 2 aliphatic heterocycles. The maximum atomic E-state index is 13.0. The second kappa shape index (κ2) is 8.84. The van der Waals surface area contributed by atoms with Crippen molar-refractivity contribution in [3.05, 3.63) is 76.2 Å². The van der Waals surface area contributed by atoms with Crippen molar-refractivity contribution < 1.29 is 22.8 Å². The molecule has 1 aromatic heterocycles. The van der Waals surface area contributed by atoms with E-state index in [1.165, 1.54) is 17.4 Å². The van der Waals surface area contributed by atoms with E-state index >= 15 is 0 Å². The Labute approximate surface area is 198 Å². The lowest BCUT2D eigenvalue weighted by Gasteiger charge is -2.51. The van der Waals surface area contributed by atoms with E-state index in [0.717, 1.165) is 25.2 Å². The number of rotatable bonds is 5. The van der Waals surface area contributed by atoms with E-state index in [1.54, 1.807) is 46.1 Å². The lowest BCUT2D eigenvalue weighted by Crippen LogP contribution is -2.70. The van der Waals surface area contributed by atoms with Crippen LogP contribution in [0.5, 0.6) is 0 Å². The van der Waals surface area contributed by atoms with Crippen molar-refractivity contribution in [2.75, 3.05) is 26.2 Å². The van der Waals surface area contributed by atoms with E-state index < -0.39 is 11.7 Å². The number of benzene rings is 2. The van der Waals surface area contributed by atoms with Crippen molar-refractivity contribution in [3.63, 3.8) is 0 Å². The summed E-state index contributed by atoms with van der Waals surface area (Å²) in [6, 6.07) is 12.1. The Bertz CT molecular complexity index is 1190. The second-order valence-corrected chi connectivity index (χ2v) is 9.24. The summed E-state index contributed by atoms with van der Waals surface area (Å²) in [4.78, 5) is 32.8. The molecule has 0 unspecified atom stereocenters. The molecular weight excluding hydrogens is 465 g/mol. The zero-order chi connectivity index (χ0) is 23.9. The van der Waals surface area contributed by atoms with E-state index in [4.69, 9.17) is 0 Å². The Balaban J connectivity index is 1.11. The van der Waals surface area contributed by atoms with Crippen LogP contribution in [0.3, 0.4) is 0 Å². The summed E-state index contributed by atoms with van der Waals surface area (Å²) in [5.41, 5.74) is 2.94. The largest absolute Gasteiger partial charge is 0.416 e. The van der Waals surface area contributed by atoms with Crippen LogP contribution in [0.4, 0.5) is 13.2 Å². The van der Waals surface area contributed by atoms with Gasteiger partial charge >= 0.3 is 6.18 Å². The van der Waals surface area contributed by atoms with Crippen LogP contribution in [0.25, 0.3) is 11.1 Å². The van der Waals surface area contributed by atoms with E-state index in [0.29, 0.717) is 35.5 Å². The Morgan fingerprint density at radius 2 is 1.74 bits per heavy atom. The average Bonchev–Trinajstić information content (AvgIpc) is 3.31. The molecule has 0 atom stereocenters. The fourth-order valence-corrected chi connectivity index (χ4v) is 4.73. The summed E-state index contributed by atoms with van der Waals surface area (Å²) in [6.45, 7) is 2.71. The van der Waals surface area contributed by atoms with Crippen molar-refractivity contribution >= 4 is 23.2 Å². The number of aromatic nitrogens is 1. The predicted molar refractivity (Wildman–Crippen MR) is 122 cm³/mol. The van der Waals surface area contributed by atoms with E-state index in [9.17, 15) is 22.8 Å². The number of carbonyl (C=O) groups is 2. The Hall–Kier alpha value is -3.24. The molecule has 5 rings (SSSR count). The maximum Gasteiger partial charge on any atom is 0.416 e. The molecule has 2 fully saturated rings. The summed E-state index contributed by atoms with van der Waals surface area (Å²) >= 11 is 1.38. The molecule has 0 radical (unpaired) electrons. The van der Waals surface area contributed by atoms with Gasteiger partial charge in [0.15, 0.2) is 0 Å². The smallest absolute Gasteiger partial charge is 0.345 e. The number of thiazole rings is 1. The van der Waals surface area contributed by atoms with Crippen molar-refractivity contribution in [1.29, 1.82) is 0 Å². The predicted octanol–water partition coefficient (Wildman–Crippen LogP) is 3.77. The van der Waals surface area contributed by atoms with Crippen molar-refractivity contribution in [1.82, 2.24) is 20.1 Å². The standard InChI is InChI=1S/C24H21F3N4O2S/c25-24(26,27)18-3-1-2-17(8-18)15-4-6-16(7-5-15)23(33)31-11-20(12-31)30-9-19(10-30)29-22(32)21-13-34-14-28-21/h1-8,13-14,19-20H,9-12H2,(H,29,32). The molecule has 10 heteroatoms. The van der Waals surface area contributed by atoms with Crippen molar-refractivity contribution in [2.24, 2.45) is 0 Å². The van der Waals surface area contributed by atoms with Crippen LogP contribution in [0, 0.1) is 0 Å². The SMILES string of the molecule is O=C(NC1CN(C2CN(C(=O)c3ccc(-c4cccc(C(F)(F)F)c4)cc3)C2)C1)c1cscn1. The first kappa shape index (κ1) is 22.5. The highest BCUT2D eigenvalue weighted by Crippen LogP contribution is 2.32. The molecule has 3 heterocycles. The highest BCUT2D eigenvalue weighted by molar-refractivity contribution is 7.07. The Kier molecular flexibility index (Phi) is 5.86. The number of hydrogen-bond acceptors (Lipinski definition) is 5. The van der Waals surface area contributed by atoms with Crippen molar-refractivity contribution in [3.8, 4) is 11.1 Å². The molecular formula is C24H21F3N4O2S. The number of amides is 2. The minimum atomic E-state index is -4.40. The minimum Gasteiger partial charge on any atom is -0.345 e. The van der Waals surface area contributed by atoms with Gasteiger partial charge in [0.2, 0.25) is 0 Å². The first-order chi connectivity index (χ1) is 16.3. The zero-order valence-corrected chi connectivity index (χ0v) is 18.8. The van der Waals surface area contributed by atoms with Gasteiger partial charge in [-0.1, -0.05) is 24.3 Å². The Morgan fingerprint density at radius 1 is 1.00 bits per heavy atom. The number of nitrogens with one attached hydrogen (secondary N) is 1. The van der Waals surface area contributed by atoms with Crippen LogP contribution in [-0.2, 0) is 6.18 Å². The molecule has 2 aliphatic rings. The molecule has 2 amide bonds. The van der Waals surface area contributed by atoms with Gasteiger partial charge in [0, 0.05) is 43.2 Å². The van der Waals surface area contributed by atoms with Gasteiger partial charge in [0.25, 0.3) is 11.8 Å². The van der Waals surface area contributed by atoms with Crippen LogP contribution in [0.15, 0.2) is 59.4 Å². The van der Waals surface area contributed by atoms with Gasteiger partial charge in [0.05, 0.1) is 17.1 Å². The molecule has 34 heavy (non-hydrogen) atoms. The topological polar surface area (TPSA) is 65.5 Å². The minimum absolute atomic E-state index is 0.0855. The second-order valence-electron chi connectivity index (χ2n) is 8.52. The molecule has 0 saturated carbocycles. The summed E-state index contributed by atoms with van der Waals surface area (Å²) in [7, 11) is 0. The van der Waals surface area contributed by atoms with E-state index in [1.807, 2.05) is 0 Å². The molecule has 0 aliphatic carbocycles. The van der Waals surface area contributed by atoms with Gasteiger partial charge in [-0.3, -0.25) is 14.5 Å². The lowest BCUT2D eigenvalue weighted by atomic mass is 9.97. The molecule has 1 N–H and O–H groups in total. The van der Waals surface area contributed by atoms with Gasteiger partial charge in [0.1, 0.15) is 5.69 Å². The number of hydrogen-bond donors (Lipinski definition) is 1. The summed E-state index contributed by atoms with van der Waals surface area (Å²) in [5.74, 6) is -0.259. The summed E-state index contributed by atoms with van der Waals surface area (Å²) < 4.78 is 38.9. The third kappa shape index (κ3) is 4.55. The van der Waals surface area contributed by atoms with Gasteiger partial charge < -0.3 is 10.2 Å². The molecule has 2 aromatic carbocycles. The average molecular weight is 487 g/mol. The van der Waals surface area contributed by atoms with Crippen LogP contribution in [0.2, 0.25) is 0 Å². The third-order valence-electron chi connectivity index (χ3n) is 6.23. The molecule has 0 spiro atoms. The van der Waals surface area contributed by atoms with Crippen molar-refractivity contribution in [2.45, 2.75) is 18.3 Å². The normalized spacial score (nSPS) is 17.2. The van der Waals surface area contributed by atoms with Gasteiger partial charge in [-0.25, -0.2) is 4.98 Å². The number of alkyl halides is 3. The molecule has 0 bridgehead atoms. The fraction of sp³-hybridized carbons (Fsp3) is 0.292. The third-order valence-corrected chi connectivity index (χ3v) is 6.82. The monoisotopic (exact) mass is 486 g/mol. The fourth-order valence-electron chi connectivity index (χ4n) is 4.20. The van der Waals surface area contributed by atoms with Gasteiger partial charge in [-0.2, -0.15) is 13.2 Å².